The normalized spacial score (nSPS) is 12.9. The zero-order chi connectivity index (χ0) is 20.8. The van der Waals surface area contributed by atoms with Crippen LogP contribution in [0.3, 0.4) is 0 Å². The second-order valence-corrected chi connectivity index (χ2v) is 6.48. The molecule has 8 heteroatoms. The van der Waals surface area contributed by atoms with Crippen LogP contribution in [0.1, 0.15) is 54.2 Å². The van der Waals surface area contributed by atoms with Crippen LogP contribution < -0.4 is 0 Å². The first-order valence-electron chi connectivity index (χ1n) is 9.27. The van der Waals surface area contributed by atoms with Crippen molar-refractivity contribution in [3.8, 4) is 0 Å². The van der Waals surface area contributed by atoms with Crippen molar-refractivity contribution in [2.24, 2.45) is 0 Å². The van der Waals surface area contributed by atoms with Crippen molar-refractivity contribution in [1.29, 1.82) is 0 Å². The van der Waals surface area contributed by atoms with E-state index in [0.717, 1.165) is 18.1 Å². The second-order valence-electron chi connectivity index (χ2n) is 6.48. The Labute approximate surface area is 167 Å². The molecule has 2 aromatic heterocycles. The van der Waals surface area contributed by atoms with Crippen LogP contribution in [0.2, 0.25) is 0 Å². The molecule has 0 aliphatic carbocycles. The molecule has 0 spiro atoms. The van der Waals surface area contributed by atoms with Crippen LogP contribution in [0.15, 0.2) is 53.2 Å². The van der Waals surface area contributed by atoms with Crippen molar-refractivity contribution in [3.05, 3.63) is 77.5 Å². The molecule has 1 aromatic carbocycles. The fourth-order valence-electron chi connectivity index (χ4n) is 2.60. The van der Waals surface area contributed by atoms with Crippen LogP contribution in [0.25, 0.3) is 5.76 Å². The Balaban J connectivity index is 1.66. The smallest absolute Gasteiger partial charge is 0.224 e. The van der Waals surface area contributed by atoms with Crippen molar-refractivity contribution in [2.45, 2.75) is 32.9 Å². The van der Waals surface area contributed by atoms with Gasteiger partial charge >= 0.3 is 0 Å². The topological polar surface area (TPSA) is 90.4 Å². The van der Waals surface area contributed by atoms with E-state index in [1.165, 1.54) is 29.2 Å². The van der Waals surface area contributed by atoms with Crippen LogP contribution in [-0.2, 0) is 11.2 Å². The molecule has 0 saturated carbocycles. The van der Waals surface area contributed by atoms with E-state index in [-0.39, 0.29) is 29.4 Å². The summed E-state index contributed by atoms with van der Waals surface area (Å²) in [5, 5.41) is 14.3. The van der Waals surface area contributed by atoms with Gasteiger partial charge in [-0.3, -0.25) is 4.79 Å². The van der Waals surface area contributed by atoms with Gasteiger partial charge in [-0.05, 0) is 43.2 Å². The summed E-state index contributed by atoms with van der Waals surface area (Å²) in [6, 6.07) is 9.23. The van der Waals surface area contributed by atoms with Crippen LogP contribution in [-0.4, -0.2) is 32.3 Å². The third kappa shape index (κ3) is 5.39. The van der Waals surface area contributed by atoms with Crippen LogP contribution in [0.4, 0.5) is 4.39 Å². The summed E-state index contributed by atoms with van der Waals surface area (Å²) in [6.45, 7) is 4.39. The Morgan fingerprint density at radius 1 is 1.31 bits per heavy atom. The molecule has 0 bridgehead atoms. The Morgan fingerprint density at radius 2 is 2.07 bits per heavy atom. The first-order chi connectivity index (χ1) is 14.0. The molecule has 29 heavy (non-hydrogen) atoms. The molecule has 0 amide bonds. The van der Waals surface area contributed by atoms with Crippen LogP contribution in [0.5, 0.6) is 0 Å². The largest absolute Gasteiger partial charge is 0.504 e. The highest BCUT2D eigenvalue weighted by Gasteiger charge is 2.15. The molecule has 3 rings (SSSR count). The Hall–Kier alpha value is -3.26. The SMILES string of the molecule is CCCOC(C)n1cnc(C(O)=CC(=O)c2ccc(Cc3ccc(F)cc3)o2)n1. The summed E-state index contributed by atoms with van der Waals surface area (Å²) in [7, 11) is 0. The van der Waals surface area contributed by atoms with Crippen molar-refractivity contribution in [2.75, 3.05) is 6.61 Å². The third-order valence-electron chi connectivity index (χ3n) is 4.14. The van der Waals surface area contributed by atoms with E-state index in [2.05, 4.69) is 10.1 Å². The fraction of sp³-hybridized carbons (Fsp3) is 0.286. The molecule has 2 heterocycles. The van der Waals surface area contributed by atoms with E-state index in [4.69, 9.17) is 9.15 Å². The predicted octanol–water partition coefficient (Wildman–Crippen LogP) is 4.33. The number of carbonyl (C=O) groups is 1. The van der Waals surface area contributed by atoms with E-state index in [1.807, 2.05) is 13.8 Å². The first-order valence-corrected chi connectivity index (χ1v) is 9.27. The number of furan rings is 1. The van der Waals surface area contributed by atoms with Gasteiger partial charge in [0.25, 0.3) is 0 Å². The maximum absolute atomic E-state index is 13.0. The van der Waals surface area contributed by atoms with Gasteiger partial charge in [-0.1, -0.05) is 19.1 Å². The lowest BCUT2D eigenvalue weighted by atomic mass is 10.1. The zero-order valence-electron chi connectivity index (χ0n) is 16.2. The number of halogens is 1. The van der Waals surface area contributed by atoms with Crippen molar-refractivity contribution < 1.29 is 23.4 Å². The molecule has 0 aliphatic rings. The first kappa shape index (κ1) is 20.5. The van der Waals surface area contributed by atoms with Crippen molar-refractivity contribution >= 4 is 11.5 Å². The number of nitrogens with zero attached hydrogens (tertiary/aromatic N) is 3. The second kappa shape index (κ2) is 9.29. The monoisotopic (exact) mass is 399 g/mol. The molecule has 152 valence electrons. The number of allylic oxidation sites excluding steroid dienone is 1. The summed E-state index contributed by atoms with van der Waals surface area (Å²) in [5.41, 5.74) is 0.854. The lowest BCUT2D eigenvalue weighted by Crippen LogP contribution is -2.10. The number of hydrogen-bond acceptors (Lipinski definition) is 6. The quantitative estimate of drug-likeness (QED) is 0.327. The highest BCUT2D eigenvalue weighted by Crippen LogP contribution is 2.16. The minimum atomic E-state index is -0.514. The summed E-state index contributed by atoms with van der Waals surface area (Å²) < 4.78 is 25.5. The Morgan fingerprint density at radius 3 is 2.79 bits per heavy atom. The number of hydrogen-bond donors (Lipinski definition) is 1. The van der Waals surface area contributed by atoms with E-state index < -0.39 is 5.78 Å². The van der Waals surface area contributed by atoms with E-state index in [0.29, 0.717) is 18.8 Å². The molecular formula is C21H22FN3O4. The minimum Gasteiger partial charge on any atom is -0.504 e. The fourth-order valence-corrected chi connectivity index (χ4v) is 2.60. The number of ether oxygens (including phenoxy) is 1. The van der Waals surface area contributed by atoms with Gasteiger partial charge in [-0.25, -0.2) is 14.1 Å². The molecule has 0 aliphatic heterocycles. The van der Waals surface area contributed by atoms with Crippen LogP contribution in [0, 0.1) is 5.82 Å². The summed E-state index contributed by atoms with van der Waals surface area (Å²) in [4.78, 5) is 16.4. The zero-order valence-corrected chi connectivity index (χ0v) is 16.2. The summed E-state index contributed by atoms with van der Waals surface area (Å²) in [6.07, 6.45) is 3.40. The molecule has 1 unspecified atom stereocenters. The van der Waals surface area contributed by atoms with Gasteiger partial charge in [-0.15, -0.1) is 5.10 Å². The summed E-state index contributed by atoms with van der Waals surface area (Å²) >= 11 is 0. The van der Waals surface area contributed by atoms with Gasteiger partial charge in [0.2, 0.25) is 11.6 Å². The average Bonchev–Trinajstić information content (AvgIpc) is 3.38. The highest BCUT2D eigenvalue weighted by molar-refractivity contribution is 6.05. The van der Waals surface area contributed by atoms with E-state index in [9.17, 15) is 14.3 Å². The van der Waals surface area contributed by atoms with Gasteiger partial charge in [0.1, 0.15) is 24.1 Å². The standard InChI is InChI=1S/C21H22FN3O4/c1-3-10-28-14(2)25-13-23-21(24-25)19(27)12-18(26)20-9-8-17(29-20)11-15-4-6-16(22)7-5-15/h4-9,12-14,27H,3,10-11H2,1-2H3. The van der Waals surface area contributed by atoms with Gasteiger partial charge in [0, 0.05) is 19.1 Å². The van der Waals surface area contributed by atoms with Gasteiger partial charge in [-0.2, -0.15) is 0 Å². The van der Waals surface area contributed by atoms with Crippen LogP contribution >= 0.6 is 0 Å². The molecule has 0 radical (unpaired) electrons. The van der Waals surface area contributed by atoms with E-state index in [1.54, 1.807) is 18.2 Å². The number of aliphatic hydroxyl groups is 1. The number of benzene rings is 1. The van der Waals surface area contributed by atoms with E-state index >= 15 is 0 Å². The Kier molecular flexibility index (Phi) is 6.56. The number of rotatable bonds is 9. The number of aromatic nitrogens is 3. The lowest BCUT2D eigenvalue weighted by molar-refractivity contribution is 0.00789. The van der Waals surface area contributed by atoms with Gasteiger partial charge < -0.3 is 14.3 Å². The number of aliphatic hydroxyl groups excluding tert-OH is 1. The Bertz CT molecular complexity index is 992. The molecule has 0 saturated heterocycles. The van der Waals surface area contributed by atoms with Crippen molar-refractivity contribution in [1.82, 2.24) is 14.8 Å². The van der Waals surface area contributed by atoms with Gasteiger partial charge in [0.05, 0.1) is 0 Å². The number of ketones is 1. The molecule has 3 aromatic rings. The molecular weight excluding hydrogens is 377 g/mol. The maximum atomic E-state index is 13.0. The number of carbonyl (C=O) groups excluding carboxylic acids is 1. The average molecular weight is 399 g/mol. The lowest BCUT2D eigenvalue weighted by Gasteiger charge is -2.11. The minimum absolute atomic E-state index is 0.0170. The molecule has 1 atom stereocenters. The maximum Gasteiger partial charge on any atom is 0.224 e. The molecule has 1 N–H and O–H groups in total. The molecule has 7 nitrogen and oxygen atoms in total. The highest BCUT2D eigenvalue weighted by atomic mass is 19.1. The van der Waals surface area contributed by atoms with Gasteiger partial charge in [0.15, 0.2) is 11.5 Å². The summed E-state index contributed by atoms with van der Waals surface area (Å²) in [5.74, 6) is -0.548. The van der Waals surface area contributed by atoms with Crippen molar-refractivity contribution in [3.63, 3.8) is 0 Å². The third-order valence-corrected chi connectivity index (χ3v) is 4.14. The molecule has 0 fully saturated rings. The predicted molar refractivity (Wildman–Crippen MR) is 104 cm³/mol.